The summed E-state index contributed by atoms with van der Waals surface area (Å²) in [5.41, 5.74) is 0.942. The zero-order chi connectivity index (χ0) is 16.2. The topological polar surface area (TPSA) is 67.9 Å². The quantitative estimate of drug-likeness (QED) is 0.899. The van der Waals surface area contributed by atoms with Gasteiger partial charge in [-0.15, -0.1) is 0 Å². The van der Waals surface area contributed by atoms with Crippen molar-refractivity contribution >= 4 is 11.8 Å². The third-order valence-electron chi connectivity index (χ3n) is 4.41. The molecule has 1 aliphatic heterocycles. The number of fused-ring (bicyclic) bond motifs is 1. The van der Waals surface area contributed by atoms with Crippen LogP contribution in [0.4, 0.5) is 0 Å². The highest BCUT2D eigenvalue weighted by Gasteiger charge is 2.26. The summed E-state index contributed by atoms with van der Waals surface area (Å²) in [7, 11) is 0. The maximum atomic E-state index is 12.2. The molecule has 1 aromatic rings. The maximum absolute atomic E-state index is 12.2. The van der Waals surface area contributed by atoms with Crippen LogP contribution >= 0.6 is 0 Å². The molecule has 0 spiro atoms. The molecule has 0 atom stereocenters. The lowest BCUT2D eigenvalue weighted by Gasteiger charge is -2.27. The van der Waals surface area contributed by atoms with E-state index in [1.165, 1.54) is 6.92 Å². The van der Waals surface area contributed by atoms with Crippen LogP contribution in [0.2, 0.25) is 0 Å². The highest BCUT2D eigenvalue weighted by molar-refractivity contribution is 5.84. The van der Waals surface area contributed by atoms with Crippen LogP contribution in [0.15, 0.2) is 18.2 Å². The molecular weight excluding hydrogens is 296 g/mol. The van der Waals surface area contributed by atoms with E-state index in [4.69, 9.17) is 9.47 Å². The molecule has 1 saturated carbocycles. The second-order valence-corrected chi connectivity index (χ2v) is 6.05. The van der Waals surface area contributed by atoms with E-state index in [-0.39, 0.29) is 31.2 Å². The molecule has 0 radical (unpaired) electrons. The van der Waals surface area contributed by atoms with Gasteiger partial charge in [-0.2, -0.15) is 0 Å². The SMILES string of the molecule is CC(=O)N(CC(=O)NCc1ccc2c(c1)OCO2)C1CCCC1. The monoisotopic (exact) mass is 318 g/mol. The molecule has 0 bridgehead atoms. The fourth-order valence-electron chi connectivity index (χ4n) is 3.18. The van der Waals surface area contributed by atoms with E-state index >= 15 is 0 Å². The van der Waals surface area contributed by atoms with Crippen molar-refractivity contribution < 1.29 is 19.1 Å². The molecule has 0 saturated heterocycles. The molecule has 124 valence electrons. The van der Waals surface area contributed by atoms with Gasteiger partial charge in [-0.3, -0.25) is 9.59 Å². The van der Waals surface area contributed by atoms with Gasteiger partial charge in [-0.05, 0) is 30.5 Å². The van der Waals surface area contributed by atoms with Crippen LogP contribution in [0.5, 0.6) is 11.5 Å². The molecule has 23 heavy (non-hydrogen) atoms. The Balaban J connectivity index is 1.53. The largest absolute Gasteiger partial charge is 0.454 e. The molecule has 3 rings (SSSR count). The van der Waals surface area contributed by atoms with E-state index in [0.29, 0.717) is 12.3 Å². The Morgan fingerprint density at radius 2 is 1.96 bits per heavy atom. The fourth-order valence-corrected chi connectivity index (χ4v) is 3.18. The highest BCUT2D eigenvalue weighted by atomic mass is 16.7. The molecule has 0 aromatic heterocycles. The van der Waals surface area contributed by atoms with Crippen LogP contribution in [-0.4, -0.2) is 36.1 Å². The van der Waals surface area contributed by atoms with Crippen molar-refractivity contribution in [2.24, 2.45) is 0 Å². The zero-order valence-electron chi connectivity index (χ0n) is 13.3. The normalized spacial score (nSPS) is 16.4. The second-order valence-electron chi connectivity index (χ2n) is 6.05. The molecule has 2 aliphatic rings. The summed E-state index contributed by atoms with van der Waals surface area (Å²) < 4.78 is 10.6. The van der Waals surface area contributed by atoms with Crippen molar-refractivity contribution in [1.82, 2.24) is 10.2 Å². The molecule has 1 aliphatic carbocycles. The van der Waals surface area contributed by atoms with Gasteiger partial charge in [0.2, 0.25) is 18.6 Å². The first-order valence-corrected chi connectivity index (χ1v) is 8.06. The molecule has 0 unspecified atom stereocenters. The van der Waals surface area contributed by atoms with Crippen molar-refractivity contribution in [3.05, 3.63) is 23.8 Å². The van der Waals surface area contributed by atoms with Crippen LogP contribution in [0.3, 0.4) is 0 Å². The smallest absolute Gasteiger partial charge is 0.239 e. The minimum Gasteiger partial charge on any atom is -0.454 e. The maximum Gasteiger partial charge on any atom is 0.239 e. The average Bonchev–Trinajstić information content (AvgIpc) is 3.20. The molecule has 1 fully saturated rings. The van der Waals surface area contributed by atoms with Crippen molar-refractivity contribution in [2.75, 3.05) is 13.3 Å². The highest BCUT2D eigenvalue weighted by Crippen LogP contribution is 2.32. The van der Waals surface area contributed by atoms with Gasteiger partial charge in [-0.25, -0.2) is 0 Å². The Morgan fingerprint density at radius 1 is 1.22 bits per heavy atom. The Labute approximate surface area is 135 Å². The average molecular weight is 318 g/mol. The lowest BCUT2D eigenvalue weighted by molar-refractivity contribution is -0.136. The van der Waals surface area contributed by atoms with E-state index < -0.39 is 0 Å². The summed E-state index contributed by atoms with van der Waals surface area (Å²) in [5.74, 6) is 1.26. The number of nitrogens with one attached hydrogen (secondary N) is 1. The number of nitrogens with zero attached hydrogens (tertiary/aromatic N) is 1. The minimum absolute atomic E-state index is 0.0323. The van der Waals surface area contributed by atoms with Gasteiger partial charge in [0, 0.05) is 19.5 Å². The number of carbonyl (C=O) groups excluding carboxylic acids is 2. The summed E-state index contributed by atoms with van der Waals surface area (Å²) in [4.78, 5) is 25.6. The Kier molecular flexibility index (Phi) is 4.69. The number of benzene rings is 1. The van der Waals surface area contributed by atoms with Gasteiger partial charge in [0.05, 0.1) is 6.54 Å². The number of ether oxygens (including phenoxy) is 2. The Bertz CT molecular complexity index is 596. The number of rotatable bonds is 5. The van der Waals surface area contributed by atoms with Crippen molar-refractivity contribution in [3.63, 3.8) is 0 Å². The standard InChI is InChI=1S/C17H22N2O4/c1-12(20)19(14-4-2-3-5-14)10-17(21)18-9-13-6-7-15-16(8-13)23-11-22-15/h6-8,14H,2-5,9-11H2,1H3,(H,18,21). The zero-order valence-corrected chi connectivity index (χ0v) is 13.3. The molecular formula is C17H22N2O4. The van der Waals surface area contributed by atoms with E-state index in [1.807, 2.05) is 18.2 Å². The molecule has 1 aromatic carbocycles. The molecule has 1 heterocycles. The van der Waals surface area contributed by atoms with Gasteiger partial charge in [-0.1, -0.05) is 18.9 Å². The van der Waals surface area contributed by atoms with Crippen LogP contribution < -0.4 is 14.8 Å². The second kappa shape index (κ2) is 6.89. The van der Waals surface area contributed by atoms with Gasteiger partial charge in [0.25, 0.3) is 0 Å². The van der Waals surface area contributed by atoms with Crippen molar-refractivity contribution in [2.45, 2.75) is 45.2 Å². The van der Waals surface area contributed by atoms with Gasteiger partial charge < -0.3 is 19.7 Å². The van der Waals surface area contributed by atoms with Crippen LogP contribution in [-0.2, 0) is 16.1 Å². The first-order valence-electron chi connectivity index (χ1n) is 8.06. The van der Waals surface area contributed by atoms with Crippen molar-refractivity contribution in [3.8, 4) is 11.5 Å². The number of hydrogen-bond acceptors (Lipinski definition) is 4. The van der Waals surface area contributed by atoms with Crippen molar-refractivity contribution in [1.29, 1.82) is 0 Å². The summed E-state index contributed by atoms with van der Waals surface area (Å²) in [6, 6.07) is 5.81. The van der Waals surface area contributed by atoms with Crippen LogP contribution in [0.1, 0.15) is 38.2 Å². The summed E-state index contributed by atoms with van der Waals surface area (Å²) in [6.07, 6.45) is 4.25. The van der Waals surface area contributed by atoms with E-state index in [0.717, 1.165) is 37.0 Å². The van der Waals surface area contributed by atoms with Gasteiger partial charge in [0.15, 0.2) is 11.5 Å². The van der Waals surface area contributed by atoms with Crippen LogP contribution in [0, 0.1) is 0 Å². The predicted octanol–water partition coefficient (Wildman–Crippen LogP) is 1.82. The van der Waals surface area contributed by atoms with Crippen LogP contribution in [0.25, 0.3) is 0 Å². The number of carbonyl (C=O) groups is 2. The Hall–Kier alpha value is -2.24. The molecule has 1 N–H and O–H groups in total. The molecule has 6 heteroatoms. The number of hydrogen-bond donors (Lipinski definition) is 1. The summed E-state index contributed by atoms with van der Waals surface area (Å²) in [6.45, 7) is 2.31. The lowest BCUT2D eigenvalue weighted by atomic mass is 10.2. The molecule has 6 nitrogen and oxygen atoms in total. The summed E-state index contributed by atoms with van der Waals surface area (Å²) in [5, 5.41) is 2.87. The first-order chi connectivity index (χ1) is 11.1. The molecule has 2 amide bonds. The van der Waals surface area contributed by atoms with E-state index in [9.17, 15) is 9.59 Å². The fraction of sp³-hybridized carbons (Fsp3) is 0.529. The number of amides is 2. The predicted molar refractivity (Wildman–Crippen MR) is 84.1 cm³/mol. The third-order valence-corrected chi connectivity index (χ3v) is 4.41. The Morgan fingerprint density at radius 3 is 2.70 bits per heavy atom. The van der Waals surface area contributed by atoms with E-state index in [1.54, 1.807) is 4.90 Å². The first kappa shape index (κ1) is 15.6. The minimum atomic E-state index is -0.134. The third kappa shape index (κ3) is 3.75. The summed E-state index contributed by atoms with van der Waals surface area (Å²) >= 11 is 0. The van der Waals surface area contributed by atoms with Gasteiger partial charge in [0.1, 0.15) is 0 Å². The van der Waals surface area contributed by atoms with Gasteiger partial charge >= 0.3 is 0 Å². The van der Waals surface area contributed by atoms with E-state index in [2.05, 4.69) is 5.32 Å². The lowest BCUT2D eigenvalue weighted by Crippen LogP contribution is -2.44.